The van der Waals surface area contributed by atoms with Gasteiger partial charge in [0.1, 0.15) is 29.7 Å². The van der Waals surface area contributed by atoms with Crippen molar-refractivity contribution >= 4 is 11.9 Å². The molecule has 3 nitrogen and oxygen atoms in total. The van der Waals surface area contributed by atoms with Gasteiger partial charge in [-0.2, -0.15) is 0 Å². The zero-order chi connectivity index (χ0) is 16.5. The van der Waals surface area contributed by atoms with Gasteiger partial charge < -0.3 is 9.15 Å². The van der Waals surface area contributed by atoms with Gasteiger partial charge in [0.25, 0.3) is 0 Å². The minimum absolute atomic E-state index is 0.0587. The maximum Gasteiger partial charge on any atom is 0.196 e. The van der Waals surface area contributed by atoms with E-state index in [0.717, 1.165) is 5.56 Å². The third-order valence-electron chi connectivity index (χ3n) is 3.88. The molecule has 4 rings (SSSR count). The van der Waals surface area contributed by atoms with Crippen LogP contribution < -0.4 is 4.74 Å². The van der Waals surface area contributed by atoms with Crippen LogP contribution in [-0.4, -0.2) is 12.4 Å². The quantitative estimate of drug-likeness (QED) is 0.640. The van der Waals surface area contributed by atoms with Crippen molar-refractivity contribution in [2.24, 2.45) is 0 Å². The Hall–Kier alpha value is -3.14. The van der Waals surface area contributed by atoms with Gasteiger partial charge in [-0.1, -0.05) is 12.1 Å². The first-order chi connectivity index (χ1) is 11.7. The Morgan fingerprint density at radius 2 is 1.75 bits per heavy atom. The molecule has 0 saturated heterocycles. The van der Waals surface area contributed by atoms with E-state index in [1.807, 2.05) is 12.1 Å². The van der Waals surface area contributed by atoms with E-state index in [-0.39, 0.29) is 18.2 Å². The summed E-state index contributed by atoms with van der Waals surface area (Å²) in [7, 11) is 0. The van der Waals surface area contributed by atoms with E-state index in [1.54, 1.807) is 42.5 Å². The summed E-state index contributed by atoms with van der Waals surface area (Å²) in [5.74, 6) is 1.42. The summed E-state index contributed by atoms with van der Waals surface area (Å²) in [5.41, 5.74) is 1.87. The molecule has 24 heavy (non-hydrogen) atoms. The van der Waals surface area contributed by atoms with Gasteiger partial charge >= 0.3 is 0 Å². The van der Waals surface area contributed by atoms with Crippen molar-refractivity contribution in [1.29, 1.82) is 0 Å². The lowest BCUT2D eigenvalue weighted by Crippen LogP contribution is -2.18. The molecule has 0 N–H and O–H groups in total. The Kier molecular flexibility index (Phi) is 3.50. The summed E-state index contributed by atoms with van der Waals surface area (Å²) in [6.45, 7) is 0.211. The Labute approximate surface area is 138 Å². The lowest BCUT2D eigenvalue weighted by atomic mass is 10.00. The van der Waals surface area contributed by atoms with Crippen molar-refractivity contribution in [1.82, 2.24) is 0 Å². The van der Waals surface area contributed by atoms with Gasteiger partial charge in [-0.15, -0.1) is 0 Å². The molecule has 0 fully saturated rings. The van der Waals surface area contributed by atoms with Gasteiger partial charge in [-0.25, -0.2) is 4.39 Å². The smallest absolute Gasteiger partial charge is 0.196 e. The molecule has 0 radical (unpaired) electrons. The maximum absolute atomic E-state index is 13.0. The SMILES string of the molecule is O=C1C(=Cc2ccc(-c3ccc(F)cc3)o2)COc2ccccc21. The first-order valence-electron chi connectivity index (χ1n) is 7.53. The zero-order valence-corrected chi connectivity index (χ0v) is 12.7. The second-order valence-corrected chi connectivity index (χ2v) is 5.49. The zero-order valence-electron chi connectivity index (χ0n) is 12.7. The van der Waals surface area contributed by atoms with Crippen molar-refractivity contribution in [2.75, 3.05) is 6.61 Å². The van der Waals surface area contributed by atoms with E-state index < -0.39 is 0 Å². The van der Waals surface area contributed by atoms with Crippen molar-refractivity contribution in [3.63, 3.8) is 0 Å². The molecular weight excluding hydrogens is 307 g/mol. The monoisotopic (exact) mass is 320 g/mol. The van der Waals surface area contributed by atoms with E-state index in [0.29, 0.717) is 28.4 Å². The van der Waals surface area contributed by atoms with Crippen LogP contribution in [-0.2, 0) is 0 Å². The molecule has 4 heteroatoms. The van der Waals surface area contributed by atoms with Crippen LogP contribution in [0.1, 0.15) is 16.1 Å². The van der Waals surface area contributed by atoms with E-state index in [9.17, 15) is 9.18 Å². The van der Waals surface area contributed by atoms with Gasteiger partial charge in [-0.3, -0.25) is 4.79 Å². The molecule has 1 aliphatic rings. The van der Waals surface area contributed by atoms with E-state index in [1.165, 1.54) is 12.1 Å². The highest BCUT2D eigenvalue weighted by molar-refractivity contribution is 6.13. The van der Waals surface area contributed by atoms with Crippen molar-refractivity contribution in [3.8, 4) is 17.1 Å². The Bertz CT molecular complexity index is 936. The molecule has 0 saturated carbocycles. The molecule has 1 aromatic heterocycles. The fourth-order valence-electron chi connectivity index (χ4n) is 2.65. The Balaban J connectivity index is 1.63. The van der Waals surface area contributed by atoms with Crippen LogP contribution in [0.5, 0.6) is 5.75 Å². The standard InChI is InChI=1S/C20H13FO3/c21-15-7-5-13(6-8-15)18-10-9-16(24-18)11-14-12-23-19-4-2-1-3-17(19)20(14)22/h1-11H,12H2. The van der Waals surface area contributed by atoms with Gasteiger partial charge in [-0.05, 0) is 54.6 Å². The average molecular weight is 320 g/mol. The van der Waals surface area contributed by atoms with Gasteiger partial charge in [0.2, 0.25) is 0 Å². The molecule has 0 amide bonds. The third kappa shape index (κ3) is 2.63. The number of para-hydroxylation sites is 1. The topological polar surface area (TPSA) is 39.4 Å². The predicted octanol–water partition coefficient (Wildman–Crippen LogP) is 4.74. The number of benzene rings is 2. The maximum atomic E-state index is 13.0. The minimum Gasteiger partial charge on any atom is -0.488 e. The summed E-state index contributed by atoms with van der Waals surface area (Å²) in [6, 6.07) is 16.8. The van der Waals surface area contributed by atoms with Crippen LogP contribution in [0.25, 0.3) is 17.4 Å². The summed E-state index contributed by atoms with van der Waals surface area (Å²) in [4.78, 5) is 12.5. The highest BCUT2D eigenvalue weighted by Gasteiger charge is 2.23. The molecule has 2 aromatic carbocycles. The molecule has 0 spiro atoms. The lowest BCUT2D eigenvalue weighted by molar-refractivity contribution is 0.100. The number of halogens is 1. The van der Waals surface area contributed by atoms with Crippen molar-refractivity contribution < 1.29 is 18.3 Å². The number of carbonyl (C=O) groups excluding carboxylic acids is 1. The van der Waals surface area contributed by atoms with Crippen molar-refractivity contribution in [3.05, 3.63) is 83.4 Å². The first kappa shape index (κ1) is 14.5. The number of hydrogen-bond donors (Lipinski definition) is 0. The normalized spacial score (nSPS) is 15.2. The van der Waals surface area contributed by atoms with Gasteiger partial charge in [0.15, 0.2) is 5.78 Å². The van der Waals surface area contributed by atoms with E-state index in [2.05, 4.69) is 0 Å². The van der Waals surface area contributed by atoms with Crippen LogP contribution in [0.2, 0.25) is 0 Å². The fraction of sp³-hybridized carbons (Fsp3) is 0.0500. The highest BCUT2D eigenvalue weighted by atomic mass is 19.1. The van der Waals surface area contributed by atoms with Gasteiger partial charge in [0, 0.05) is 11.1 Å². The second kappa shape index (κ2) is 5.81. The van der Waals surface area contributed by atoms with Crippen LogP contribution in [0, 0.1) is 5.82 Å². The number of carbonyl (C=O) groups is 1. The molecular formula is C20H13FO3. The van der Waals surface area contributed by atoms with Crippen LogP contribution in [0.15, 0.2) is 70.7 Å². The average Bonchev–Trinajstić information content (AvgIpc) is 3.07. The fourth-order valence-corrected chi connectivity index (χ4v) is 2.65. The number of Topliss-reactive ketones (excluding diaryl/α,β-unsaturated/α-hetero) is 1. The van der Waals surface area contributed by atoms with Crippen LogP contribution in [0.4, 0.5) is 4.39 Å². The number of fused-ring (bicyclic) bond motifs is 1. The summed E-state index contributed by atoms with van der Waals surface area (Å²) < 4.78 is 24.3. The number of ether oxygens (including phenoxy) is 1. The molecule has 0 atom stereocenters. The summed E-state index contributed by atoms with van der Waals surface area (Å²) in [5, 5.41) is 0. The molecule has 0 unspecified atom stereocenters. The highest BCUT2D eigenvalue weighted by Crippen LogP contribution is 2.29. The van der Waals surface area contributed by atoms with Crippen LogP contribution in [0.3, 0.4) is 0 Å². The predicted molar refractivity (Wildman–Crippen MR) is 88.3 cm³/mol. The summed E-state index contributed by atoms with van der Waals surface area (Å²) >= 11 is 0. The molecule has 3 aromatic rings. The van der Waals surface area contributed by atoms with Crippen LogP contribution >= 0.6 is 0 Å². The molecule has 0 bridgehead atoms. The van der Waals surface area contributed by atoms with E-state index in [4.69, 9.17) is 9.15 Å². The Morgan fingerprint density at radius 1 is 0.958 bits per heavy atom. The molecule has 2 heterocycles. The number of hydrogen-bond acceptors (Lipinski definition) is 3. The number of ketones is 1. The molecule has 0 aliphatic carbocycles. The largest absolute Gasteiger partial charge is 0.488 e. The Morgan fingerprint density at radius 3 is 2.58 bits per heavy atom. The minimum atomic E-state index is -0.295. The molecule has 118 valence electrons. The number of rotatable bonds is 2. The van der Waals surface area contributed by atoms with Crippen molar-refractivity contribution in [2.45, 2.75) is 0 Å². The van der Waals surface area contributed by atoms with E-state index >= 15 is 0 Å². The number of furan rings is 1. The molecule has 1 aliphatic heterocycles. The summed E-state index contributed by atoms with van der Waals surface area (Å²) in [6.07, 6.45) is 1.69. The second-order valence-electron chi connectivity index (χ2n) is 5.49. The lowest BCUT2D eigenvalue weighted by Gasteiger charge is -2.18. The third-order valence-corrected chi connectivity index (χ3v) is 3.88. The van der Waals surface area contributed by atoms with Gasteiger partial charge in [0.05, 0.1) is 5.56 Å². The first-order valence-corrected chi connectivity index (χ1v) is 7.53.